The lowest BCUT2D eigenvalue weighted by atomic mass is 10.2. The van der Waals surface area contributed by atoms with Gasteiger partial charge in [-0.05, 0) is 48.5 Å². The Kier molecular flexibility index (Phi) is 6.84. The van der Waals surface area contributed by atoms with Crippen LogP contribution in [0.5, 0.6) is 11.5 Å². The summed E-state index contributed by atoms with van der Waals surface area (Å²) in [5, 5.41) is 4.36. The Labute approximate surface area is 185 Å². The molecule has 1 aromatic heterocycles. The van der Waals surface area contributed by atoms with Crippen LogP contribution in [-0.2, 0) is 17.4 Å². The number of primary amides is 1. The fourth-order valence-corrected chi connectivity index (χ4v) is 2.88. The van der Waals surface area contributed by atoms with Crippen molar-refractivity contribution in [1.82, 2.24) is 4.98 Å². The molecule has 166 valence electrons. The van der Waals surface area contributed by atoms with Crippen molar-refractivity contribution < 1.29 is 27.5 Å². The molecule has 3 aromatic rings. The van der Waals surface area contributed by atoms with Crippen LogP contribution in [0, 0.1) is 0 Å². The van der Waals surface area contributed by atoms with Crippen molar-refractivity contribution in [2.45, 2.75) is 12.6 Å². The van der Waals surface area contributed by atoms with E-state index >= 15 is 0 Å². The van der Waals surface area contributed by atoms with E-state index in [1.54, 1.807) is 36.4 Å². The van der Waals surface area contributed by atoms with Crippen molar-refractivity contribution in [3.63, 3.8) is 0 Å². The molecule has 32 heavy (non-hydrogen) atoms. The maximum absolute atomic E-state index is 12.9. The largest absolute Gasteiger partial charge is 0.457 e. The van der Waals surface area contributed by atoms with E-state index in [1.807, 2.05) is 0 Å². The van der Waals surface area contributed by atoms with Gasteiger partial charge in [0.25, 0.3) is 0 Å². The van der Waals surface area contributed by atoms with Crippen LogP contribution in [-0.4, -0.2) is 16.9 Å². The summed E-state index contributed by atoms with van der Waals surface area (Å²) in [5.41, 5.74) is 4.87. The summed E-state index contributed by atoms with van der Waals surface area (Å²) in [4.78, 5) is 27.1. The van der Waals surface area contributed by atoms with Gasteiger partial charge in [0.05, 0.1) is 22.7 Å². The van der Waals surface area contributed by atoms with E-state index in [4.69, 9.17) is 22.1 Å². The lowest BCUT2D eigenvalue weighted by molar-refractivity contribution is -0.137. The van der Waals surface area contributed by atoms with Crippen LogP contribution in [0.3, 0.4) is 0 Å². The quantitative estimate of drug-likeness (QED) is 0.465. The molecule has 0 aliphatic carbocycles. The Morgan fingerprint density at radius 1 is 0.969 bits per heavy atom. The molecule has 0 unspecified atom stereocenters. The number of pyridine rings is 1. The molecule has 0 saturated carbocycles. The molecule has 2 aromatic carbocycles. The molecular weight excluding hydrogens is 449 g/mol. The number of carbonyl (C=O) groups is 2. The first-order valence-electron chi connectivity index (χ1n) is 9.06. The van der Waals surface area contributed by atoms with Gasteiger partial charge in [-0.25, -0.2) is 4.79 Å². The number of ether oxygens (including phenoxy) is 1. The number of benzene rings is 2. The molecule has 0 bridgehead atoms. The Hall–Kier alpha value is -3.79. The van der Waals surface area contributed by atoms with Crippen LogP contribution in [0.1, 0.15) is 11.3 Å². The van der Waals surface area contributed by atoms with Crippen molar-refractivity contribution in [2.24, 2.45) is 5.73 Å². The third-order valence-electron chi connectivity index (χ3n) is 4.02. The zero-order valence-corrected chi connectivity index (χ0v) is 17.0. The minimum absolute atomic E-state index is 0.0206. The lowest BCUT2D eigenvalue weighted by Crippen LogP contribution is -2.19. The van der Waals surface area contributed by atoms with E-state index in [1.165, 1.54) is 12.3 Å². The van der Waals surface area contributed by atoms with E-state index in [0.717, 1.165) is 12.1 Å². The maximum atomic E-state index is 12.9. The summed E-state index contributed by atoms with van der Waals surface area (Å²) in [6.07, 6.45) is -3.18. The van der Waals surface area contributed by atoms with Gasteiger partial charge in [0.2, 0.25) is 5.91 Å². The number of nitrogens with zero attached hydrogens (tertiary/aromatic N) is 1. The van der Waals surface area contributed by atoms with Gasteiger partial charge in [-0.15, -0.1) is 0 Å². The van der Waals surface area contributed by atoms with Gasteiger partial charge in [-0.2, -0.15) is 13.2 Å². The molecule has 0 radical (unpaired) electrons. The number of rotatable bonds is 6. The summed E-state index contributed by atoms with van der Waals surface area (Å²) in [7, 11) is 0. The number of nitrogens with one attached hydrogen (secondary N) is 2. The number of alkyl halides is 3. The number of urea groups is 1. The summed E-state index contributed by atoms with van der Waals surface area (Å²) in [6.45, 7) is 0. The van der Waals surface area contributed by atoms with Gasteiger partial charge in [-0.1, -0.05) is 11.6 Å². The average molecular weight is 465 g/mol. The van der Waals surface area contributed by atoms with Crippen molar-refractivity contribution in [2.75, 3.05) is 10.6 Å². The minimum Gasteiger partial charge on any atom is -0.457 e. The highest BCUT2D eigenvalue weighted by Gasteiger charge is 2.33. The normalized spacial score (nSPS) is 11.0. The minimum atomic E-state index is -4.64. The van der Waals surface area contributed by atoms with E-state index in [2.05, 4.69) is 15.6 Å². The van der Waals surface area contributed by atoms with Crippen molar-refractivity contribution >= 4 is 34.9 Å². The molecule has 3 rings (SSSR count). The molecule has 0 saturated heterocycles. The number of halogens is 4. The standard InChI is InChI=1S/C21H16ClF3N4O3/c22-18-6-3-13(10-17(18)21(23,24)25)29-20(31)28-12-1-4-15(5-2-12)32-16-7-8-27-14(9-16)11-19(26)30/h1-10H,11H2,(H2,26,30)(H2,28,29,31). The topological polar surface area (TPSA) is 106 Å². The number of hydrogen-bond donors (Lipinski definition) is 3. The van der Waals surface area contributed by atoms with Crippen LogP contribution in [0.25, 0.3) is 0 Å². The number of hydrogen-bond acceptors (Lipinski definition) is 4. The number of anilines is 2. The summed E-state index contributed by atoms with van der Waals surface area (Å²) in [6, 6.07) is 11.8. The number of nitrogens with two attached hydrogens (primary N) is 1. The molecule has 7 nitrogen and oxygen atoms in total. The second-order valence-electron chi connectivity index (χ2n) is 6.52. The van der Waals surface area contributed by atoms with Crippen molar-refractivity contribution in [3.05, 3.63) is 77.1 Å². The predicted octanol–water partition coefficient (Wildman–Crippen LogP) is 5.22. The van der Waals surface area contributed by atoms with E-state index in [9.17, 15) is 22.8 Å². The molecule has 3 amide bonds. The third kappa shape index (κ3) is 6.35. The maximum Gasteiger partial charge on any atom is 0.417 e. The fraction of sp³-hybridized carbons (Fsp3) is 0.0952. The predicted molar refractivity (Wildman–Crippen MR) is 113 cm³/mol. The Bertz CT molecular complexity index is 1140. The highest BCUT2D eigenvalue weighted by molar-refractivity contribution is 6.31. The fourth-order valence-electron chi connectivity index (χ4n) is 2.65. The monoisotopic (exact) mass is 464 g/mol. The van der Waals surface area contributed by atoms with E-state index in [0.29, 0.717) is 22.9 Å². The van der Waals surface area contributed by atoms with Gasteiger partial charge in [-0.3, -0.25) is 9.78 Å². The first-order chi connectivity index (χ1) is 15.1. The zero-order valence-electron chi connectivity index (χ0n) is 16.2. The average Bonchev–Trinajstić information content (AvgIpc) is 2.70. The van der Waals surface area contributed by atoms with Crippen LogP contribution in [0.2, 0.25) is 5.02 Å². The van der Waals surface area contributed by atoms with Gasteiger partial charge in [0.1, 0.15) is 11.5 Å². The molecule has 0 atom stereocenters. The first kappa shape index (κ1) is 22.9. The smallest absolute Gasteiger partial charge is 0.417 e. The Morgan fingerprint density at radius 2 is 1.62 bits per heavy atom. The molecular formula is C21H16ClF3N4O3. The third-order valence-corrected chi connectivity index (χ3v) is 4.35. The van der Waals surface area contributed by atoms with E-state index in [-0.39, 0.29) is 12.1 Å². The number of amides is 3. The van der Waals surface area contributed by atoms with Gasteiger partial charge in [0.15, 0.2) is 0 Å². The van der Waals surface area contributed by atoms with Crippen molar-refractivity contribution in [1.29, 1.82) is 0 Å². The van der Waals surface area contributed by atoms with Gasteiger partial charge >= 0.3 is 12.2 Å². The zero-order chi connectivity index (χ0) is 23.3. The Balaban J connectivity index is 1.61. The Morgan fingerprint density at radius 3 is 2.28 bits per heavy atom. The van der Waals surface area contributed by atoms with Crippen LogP contribution in [0.15, 0.2) is 60.8 Å². The van der Waals surface area contributed by atoms with E-state index < -0.39 is 28.7 Å². The molecule has 11 heteroatoms. The molecule has 0 fully saturated rings. The highest BCUT2D eigenvalue weighted by Crippen LogP contribution is 2.36. The second-order valence-corrected chi connectivity index (χ2v) is 6.93. The summed E-state index contributed by atoms with van der Waals surface area (Å²) >= 11 is 5.57. The molecule has 0 spiro atoms. The van der Waals surface area contributed by atoms with Gasteiger partial charge in [0, 0.05) is 23.6 Å². The molecule has 4 N–H and O–H groups in total. The molecule has 1 heterocycles. The lowest BCUT2D eigenvalue weighted by Gasteiger charge is -2.12. The molecule has 0 aliphatic heterocycles. The highest BCUT2D eigenvalue weighted by atomic mass is 35.5. The summed E-state index contributed by atoms with van der Waals surface area (Å²) in [5.74, 6) is 0.370. The second kappa shape index (κ2) is 9.56. The van der Waals surface area contributed by atoms with Crippen molar-refractivity contribution in [3.8, 4) is 11.5 Å². The van der Waals surface area contributed by atoms with Crippen LogP contribution in [0.4, 0.5) is 29.3 Å². The molecule has 0 aliphatic rings. The number of aromatic nitrogens is 1. The number of carbonyl (C=O) groups excluding carboxylic acids is 2. The van der Waals surface area contributed by atoms with Gasteiger partial charge < -0.3 is 21.1 Å². The first-order valence-corrected chi connectivity index (χ1v) is 9.44. The summed E-state index contributed by atoms with van der Waals surface area (Å²) < 4.78 is 44.5. The SMILES string of the molecule is NC(=O)Cc1cc(Oc2ccc(NC(=O)Nc3ccc(Cl)c(C(F)(F)F)c3)cc2)ccn1. The van der Waals surface area contributed by atoms with Crippen LogP contribution < -0.4 is 21.1 Å². The van der Waals surface area contributed by atoms with Crippen LogP contribution >= 0.6 is 11.6 Å².